The zero-order valence-corrected chi connectivity index (χ0v) is 11.3. The van der Waals surface area contributed by atoms with E-state index in [-0.39, 0.29) is 6.61 Å². The average molecular weight is 254 g/mol. The molecule has 0 amide bonds. The second-order valence-corrected chi connectivity index (χ2v) is 3.99. The van der Waals surface area contributed by atoms with Crippen molar-refractivity contribution in [3.63, 3.8) is 0 Å². The molecule has 1 rings (SSSR count). The molecule has 102 valence electrons. The quantitative estimate of drug-likeness (QED) is 0.664. The largest absolute Gasteiger partial charge is 0.394 e. The van der Waals surface area contributed by atoms with Crippen molar-refractivity contribution in [1.82, 2.24) is 9.97 Å². The summed E-state index contributed by atoms with van der Waals surface area (Å²) in [6.07, 6.45) is 1.81. The summed E-state index contributed by atoms with van der Waals surface area (Å²) in [6.45, 7) is 6.51. The van der Waals surface area contributed by atoms with Crippen molar-refractivity contribution in [2.75, 3.05) is 50.2 Å². The summed E-state index contributed by atoms with van der Waals surface area (Å²) in [5, 5.41) is 11.7. The third-order valence-corrected chi connectivity index (χ3v) is 2.45. The van der Waals surface area contributed by atoms with Crippen molar-refractivity contribution in [2.45, 2.75) is 13.8 Å². The van der Waals surface area contributed by atoms with Crippen LogP contribution in [0.4, 0.5) is 11.8 Å². The maximum Gasteiger partial charge on any atom is 0.224 e. The Kier molecular flexibility index (Phi) is 6.38. The first-order chi connectivity index (χ1) is 8.69. The lowest BCUT2D eigenvalue weighted by Gasteiger charge is -2.20. The number of aromatic nitrogens is 2. The Hall–Kier alpha value is -1.40. The number of rotatable bonds is 8. The first kappa shape index (κ1) is 14.7. The summed E-state index contributed by atoms with van der Waals surface area (Å²) in [5.74, 6) is 1.54. The van der Waals surface area contributed by atoms with Gasteiger partial charge in [-0.05, 0) is 13.8 Å². The van der Waals surface area contributed by atoms with E-state index in [9.17, 15) is 0 Å². The summed E-state index contributed by atoms with van der Waals surface area (Å²) in [5.41, 5.74) is 1.03. The van der Waals surface area contributed by atoms with Crippen molar-refractivity contribution in [3.8, 4) is 0 Å². The van der Waals surface area contributed by atoms with Crippen molar-refractivity contribution in [1.29, 1.82) is 0 Å². The zero-order valence-electron chi connectivity index (χ0n) is 11.3. The Morgan fingerprint density at radius 1 is 1.44 bits per heavy atom. The van der Waals surface area contributed by atoms with Gasteiger partial charge in [-0.3, -0.25) is 0 Å². The second kappa shape index (κ2) is 7.84. The van der Waals surface area contributed by atoms with E-state index in [0.717, 1.165) is 24.5 Å². The topological polar surface area (TPSA) is 70.5 Å². The monoisotopic (exact) mass is 254 g/mol. The van der Waals surface area contributed by atoms with Gasteiger partial charge in [0.05, 0.1) is 19.8 Å². The molecule has 0 atom stereocenters. The van der Waals surface area contributed by atoms with Gasteiger partial charge >= 0.3 is 0 Å². The van der Waals surface area contributed by atoms with E-state index in [4.69, 9.17) is 9.84 Å². The Balaban J connectivity index is 2.59. The van der Waals surface area contributed by atoms with Crippen LogP contribution in [0.15, 0.2) is 6.20 Å². The van der Waals surface area contributed by atoms with E-state index >= 15 is 0 Å². The molecule has 2 N–H and O–H groups in total. The van der Waals surface area contributed by atoms with Gasteiger partial charge in [-0.1, -0.05) is 0 Å². The van der Waals surface area contributed by atoms with Crippen LogP contribution in [0.2, 0.25) is 0 Å². The number of hydrogen-bond acceptors (Lipinski definition) is 6. The van der Waals surface area contributed by atoms with Gasteiger partial charge in [0.1, 0.15) is 5.82 Å². The minimum Gasteiger partial charge on any atom is -0.394 e. The van der Waals surface area contributed by atoms with Crippen LogP contribution in [0.3, 0.4) is 0 Å². The van der Waals surface area contributed by atoms with Crippen molar-refractivity contribution < 1.29 is 9.84 Å². The molecule has 0 bridgehead atoms. The first-order valence-corrected chi connectivity index (χ1v) is 6.16. The SMILES string of the molecule is CCNc1ncc(C)c(N(C)CCOCCO)n1. The fraction of sp³-hybridized carbons (Fsp3) is 0.667. The van der Waals surface area contributed by atoms with Crippen LogP contribution < -0.4 is 10.2 Å². The lowest BCUT2D eigenvalue weighted by Crippen LogP contribution is -2.25. The maximum absolute atomic E-state index is 8.62. The molecule has 6 heteroatoms. The van der Waals surface area contributed by atoms with Gasteiger partial charge in [0.2, 0.25) is 5.95 Å². The number of aryl methyl sites for hydroxylation is 1. The van der Waals surface area contributed by atoms with E-state index in [0.29, 0.717) is 19.2 Å². The highest BCUT2D eigenvalue weighted by atomic mass is 16.5. The van der Waals surface area contributed by atoms with Crippen LogP contribution >= 0.6 is 0 Å². The van der Waals surface area contributed by atoms with E-state index < -0.39 is 0 Å². The lowest BCUT2D eigenvalue weighted by molar-refractivity contribution is 0.0970. The molecule has 0 spiro atoms. The van der Waals surface area contributed by atoms with Crippen molar-refractivity contribution in [2.24, 2.45) is 0 Å². The molecule has 0 aliphatic heterocycles. The fourth-order valence-electron chi connectivity index (χ4n) is 1.54. The molecule has 18 heavy (non-hydrogen) atoms. The highest BCUT2D eigenvalue weighted by molar-refractivity contribution is 5.48. The number of nitrogens with one attached hydrogen (secondary N) is 1. The fourth-order valence-corrected chi connectivity index (χ4v) is 1.54. The summed E-state index contributed by atoms with van der Waals surface area (Å²) in [4.78, 5) is 10.7. The van der Waals surface area contributed by atoms with E-state index in [1.165, 1.54) is 0 Å². The molecule has 6 nitrogen and oxygen atoms in total. The van der Waals surface area contributed by atoms with Crippen LogP contribution in [0.25, 0.3) is 0 Å². The van der Waals surface area contributed by atoms with E-state index in [1.54, 1.807) is 0 Å². The number of likely N-dealkylation sites (N-methyl/N-ethyl adjacent to an activating group) is 1. The summed E-state index contributed by atoms with van der Waals surface area (Å²) >= 11 is 0. The third-order valence-electron chi connectivity index (χ3n) is 2.45. The smallest absolute Gasteiger partial charge is 0.224 e. The highest BCUT2D eigenvalue weighted by Crippen LogP contribution is 2.16. The van der Waals surface area contributed by atoms with Crippen molar-refractivity contribution in [3.05, 3.63) is 11.8 Å². The van der Waals surface area contributed by atoms with Crippen LogP contribution in [0.5, 0.6) is 0 Å². The normalized spacial score (nSPS) is 10.4. The van der Waals surface area contributed by atoms with Crippen LogP contribution in [0, 0.1) is 6.92 Å². The average Bonchev–Trinajstić information content (AvgIpc) is 2.37. The molecule has 0 fully saturated rings. The predicted octanol–water partition coefficient (Wildman–Crippen LogP) is 0.662. The number of ether oxygens (including phenoxy) is 1. The Morgan fingerprint density at radius 2 is 2.22 bits per heavy atom. The molecule has 0 saturated heterocycles. The zero-order chi connectivity index (χ0) is 13.4. The summed E-state index contributed by atoms with van der Waals surface area (Å²) in [6, 6.07) is 0. The van der Waals surface area contributed by atoms with E-state index in [2.05, 4.69) is 15.3 Å². The molecule has 0 radical (unpaired) electrons. The van der Waals surface area contributed by atoms with Gasteiger partial charge in [-0.25, -0.2) is 4.98 Å². The van der Waals surface area contributed by atoms with Gasteiger partial charge in [-0.15, -0.1) is 0 Å². The number of hydrogen-bond donors (Lipinski definition) is 2. The number of aliphatic hydroxyl groups is 1. The highest BCUT2D eigenvalue weighted by Gasteiger charge is 2.08. The Bertz CT molecular complexity index is 360. The minimum atomic E-state index is 0.0564. The minimum absolute atomic E-state index is 0.0564. The molecule has 1 heterocycles. The standard InChI is InChI=1S/C12H22N4O2/c1-4-13-12-14-9-10(2)11(15-12)16(3)5-7-18-8-6-17/h9,17H,4-8H2,1-3H3,(H,13,14,15). The van der Waals surface area contributed by atoms with Crippen molar-refractivity contribution >= 4 is 11.8 Å². The molecular weight excluding hydrogens is 232 g/mol. The molecule has 1 aromatic heterocycles. The molecule has 0 saturated carbocycles. The maximum atomic E-state index is 8.62. The molecule has 0 aliphatic rings. The molecular formula is C12H22N4O2. The predicted molar refractivity (Wildman–Crippen MR) is 72.1 cm³/mol. The summed E-state index contributed by atoms with van der Waals surface area (Å²) < 4.78 is 5.24. The summed E-state index contributed by atoms with van der Waals surface area (Å²) in [7, 11) is 1.97. The third kappa shape index (κ3) is 4.46. The lowest BCUT2D eigenvalue weighted by atomic mass is 10.3. The Labute approximate surface area is 108 Å². The molecule has 1 aromatic rings. The van der Waals surface area contributed by atoms with Crippen LogP contribution in [-0.4, -0.2) is 55.0 Å². The van der Waals surface area contributed by atoms with Gasteiger partial charge < -0.3 is 20.1 Å². The van der Waals surface area contributed by atoms with Crippen LogP contribution in [-0.2, 0) is 4.74 Å². The number of nitrogens with zero attached hydrogens (tertiary/aromatic N) is 3. The van der Waals surface area contributed by atoms with Gasteiger partial charge in [-0.2, -0.15) is 4.98 Å². The van der Waals surface area contributed by atoms with E-state index in [1.807, 2.05) is 32.0 Å². The first-order valence-electron chi connectivity index (χ1n) is 6.16. The van der Waals surface area contributed by atoms with Crippen LogP contribution in [0.1, 0.15) is 12.5 Å². The second-order valence-electron chi connectivity index (χ2n) is 3.99. The number of anilines is 2. The van der Waals surface area contributed by atoms with Gasteiger partial charge in [0.15, 0.2) is 0 Å². The van der Waals surface area contributed by atoms with Gasteiger partial charge in [0.25, 0.3) is 0 Å². The Morgan fingerprint density at radius 3 is 2.89 bits per heavy atom. The van der Waals surface area contributed by atoms with Gasteiger partial charge in [0, 0.05) is 31.9 Å². The molecule has 0 aliphatic carbocycles. The number of aliphatic hydroxyl groups excluding tert-OH is 1. The molecule has 0 aromatic carbocycles. The molecule has 0 unspecified atom stereocenters.